The number of imidazole rings is 1. The molecule has 2 aliphatic rings. The van der Waals surface area contributed by atoms with Crippen LogP contribution in [0.1, 0.15) is 67.5 Å². The van der Waals surface area contributed by atoms with Crippen molar-refractivity contribution in [1.82, 2.24) is 29.0 Å². The fourth-order valence-electron chi connectivity index (χ4n) is 6.09. The standard InChI is InChI=1S/C28H31F3N6O/c1-18-5-4-10-35(13-18)14-19-11-23(28(29,30)31)24-16-36(27(38)37(24)15-19)22-9-3-8-21(12-22)25(20-6-2-7-20)26-32-17-33-34-26/h3,8-9,11-12,15-18,20,25H,2,4-7,10,13-14H2,1H3,(H,32,33,34)/t18-,25+/m0/s1. The molecule has 1 saturated carbocycles. The van der Waals surface area contributed by atoms with Gasteiger partial charge in [-0.05, 0) is 73.4 Å². The molecule has 2 atom stereocenters. The maximum Gasteiger partial charge on any atom is 0.418 e. The van der Waals surface area contributed by atoms with Crippen LogP contribution in [0.4, 0.5) is 13.2 Å². The predicted molar refractivity (Wildman–Crippen MR) is 137 cm³/mol. The molecule has 1 aliphatic heterocycles. The summed E-state index contributed by atoms with van der Waals surface area (Å²) in [4.78, 5) is 20.1. The van der Waals surface area contributed by atoms with E-state index in [1.165, 1.54) is 23.2 Å². The molecule has 1 N–H and O–H groups in total. The average Bonchev–Trinajstić information content (AvgIpc) is 3.49. The number of piperidine rings is 1. The Hall–Kier alpha value is -3.40. The fourth-order valence-corrected chi connectivity index (χ4v) is 6.09. The van der Waals surface area contributed by atoms with Crippen molar-refractivity contribution < 1.29 is 13.2 Å². The Balaban J connectivity index is 1.42. The zero-order chi connectivity index (χ0) is 26.4. The van der Waals surface area contributed by atoms with Gasteiger partial charge in [0.15, 0.2) is 0 Å². The van der Waals surface area contributed by atoms with Crippen LogP contribution in [0.5, 0.6) is 0 Å². The van der Waals surface area contributed by atoms with Crippen molar-refractivity contribution in [2.75, 3.05) is 13.1 Å². The Kier molecular flexibility index (Phi) is 6.37. The molecule has 4 aromatic rings. The molecule has 1 aliphatic carbocycles. The number of alkyl halides is 3. The Morgan fingerprint density at radius 3 is 2.66 bits per heavy atom. The van der Waals surface area contributed by atoms with Gasteiger partial charge in [0.1, 0.15) is 12.2 Å². The highest BCUT2D eigenvalue weighted by Crippen LogP contribution is 2.42. The number of rotatable bonds is 6. The van der Waals surface area contributed by atoms with E-state index in [1.54, 1.807) is 12.3 Å². The first-order chi connectivity index (χ1) is 18.3. The Bertz CT molecular complexity index is 1480. The zero-order valence-corrected chi connectivity index (χ0v) is 21.3. The lowest BCUT2D eigenvalue weighted by Gasteiger charge is -2.33. The summed E-state index contributed by atoms with van der Waals surface area (Å²) in [6.07, 6.45) is 5.22. The highest BCUT2D eigenvalue weighted by Gasteiger charge is 2.35. The summed E-state index contributed by atoms with van der Waals surface area (Å²) in [5.74, 6) is 1.66. The first kappa shape index (κ1) is 24.9. The second-order valence-corrected chi connectivity index (χ2v) is 10.9. The number of hydrogen-bond donors (Lipinski definition) is 1. The van der Waals surface area contributed by atoms with E-state index in [0.29, 0.717) is 29.6 Å². The Morgan fingerprint density at radius 1 is 1.13 bits per heavy atom. The summed E-state index contributed by atoms with van der Waals surface area (Å²) >= 11 is 0. The molecular weight excluding hydrogens is 493 g/mol. The zero-order valence-electron chi connectivity index (χ0n) is 21.3. The molecular formula is C28H31F3N6O. The second-order valence-electron chi connectivity index (χ2n) is 10.9. The summed E-state index contributed by atoms with van der Waals surface area (Å²) in [6, 6.07) is 8.66. The van der Waals surface area contributed by atoms with E-state index in [1.807, 2.05) is 18.2 Å². The first-order valence-electron chi connectivity index (χ1n) is 13.3. The first-order valence-corrected chi connectivity index (χ1v) is 13.3. The number of nitrogens with zero attached hydrogens (tertiary/aromatic N) is 5. The van der Waals surface area contributed by atoms with E-state index in [9.17, 15) is 18.0 Å². The molecule has 1 aromatic carbocycles. The molecule has 3 aromatic heterocycles. The van der Waals surface area contributed by atoms with Gasteiger partial charge >= 0.3 is 11.9 Å². The van der Waals surface area contributed by atoms with Crippen LogP contribution in [0, 0.1) is 11.8 Å². The van der Waals surface area contributed by atoms with Gasteiger partial charge in [0.2, 0.25) is 0 Å². The summed E-state index contributed by atoms with van der Waals surface area (Å²) in [5.41, 5.74) is 0.524. The van der Waals surface area contributed by atoms with Crippen LogP contribution in [-0.4, -0.2) is 42.1 Å². The predicted octanol–water partition coefficient (Wildman–Crippen LogP) is 5.39. The van der Waals surface area contributed by atoms with Crippen molar-refractivity contribution in [3.63, 3.8) is 0 Å². The minimum Gasteiger partial charge on any atom is -0.299 e. The normalized spacial score (nSPS) is 20.1. The molecule has 0 radical (unpaired) electrons. The number of fused-ring (bicyclic) bond motifs is 1. The molecule has 6 rings (SSSR count). The average molecular weight is 525 g/mol. The second kappa shape index (κ2) is 9.72. The van der Waals surface area contributed by atoms with Gasteiger partial charge in [-0.1, -0.05) is 25.5 Å². The molecule has 0 amide bonds. The number of H-pyrrole nitrogens is 1. The number of nitrogens with one attached hydrogen (secondary N) is 1. The van der Waals surface area contributed by atoms with Gasteiger partial charge in [-0.2, -0.15) is 18.3 Å². The molecule has 0 spiro atoms. The molecule has 10 heteroatoms. The highest BCUT2D eigenvalue weighted by molar-refractivity contribution is 5.58. The van der Waals surface area contributed by atoms with Crippen LogP contribution in [0.25, 0.3) is 11.2 Å². The van der Waals surface area contributed by atoms with Crippen molar-refractivity contribution in [3.8, 4) is 5.69 Å². The Morgan fingerprint density at radius 2 is 1.97 bits per heavy atom. The smallest absolute Gasteiger partial charge is 0.299 e. The summed E-state index contributed by atoms with van der Waals surface area (Å²) in [6.45, 7) is 4.24. The van der Waals surface area contributed by atoms with Crippen molar-refractivity contribution in [2.45, 2.75) is 57.7 Å². The van der Waals surface area contributed by atoms with E-state index in [4.69, 9.17) is 0 Å². The fraction of sp³-hybridized carbons (Fsp3) is 0.464. The molecule has 0 unspecified atom stereocenters. The number of hydrogen-bond acceptors (Lipinski definition) is 4. The van der Waals surface area contributed by atoms with Gasteiger partial charge in [0.25, 0.3) is 0 Å². The molecule has 4 heterocycles. The third-order valence-electron chi connectivity index (χ3n) is 8.13. The van der Waals surface area contributed by atoms with Crippen molar-refractivity contribution in [3.05, 3.63) is 82.1 Å². The van der Waals surface area contributed by atoms with Gasteiger partial charge in [0.05, 0.1) is 16.8 Å². The lowest BCUT2D eigenvalue weighted by molar-refractivity contribution is -0.136. The highest BCUT2D eigenvalue weighted by atomic mass is 19.4. The largest absolute Gasteiger partial charge is 0.418 e. The molecule has 38 heavy (non-hydrogen) atoms. The van der Waals surface area contributed by atoms with Crippen LogP contribution in [-0.2, 0) is 12.7 Å². The lowest BCUT2D eigenvalue weighted by Crippen LogP contribution is -2.34. The number of benzene rings is 1. The molecule has 200 valence electrons. The van der Waals surface area contributed by atoms with Crippen LogP contribution >= 0.6 is 0 Å². The van der Waals surface area contributed by atoms with Crippen molar-refractivity contribution >= 4 is 5.52 Å². The monoisotopic (exact) mass is 524 g/mol. The maximum atomic E-state index is 14.2. The quantitative estimate of drug-likeness (QED) is 0.367. The van der Waals surface area contributed by atoms with Crippen LogP contribution in [0.3, 0.4) is 0 Å². The van der Waals surface area contributed by atoms with E-state index < -0.39 is 17.4 Å². The van der Waals surface area contributed by atoms with E-state index >= 15 is 0 Å². The van der Waals surface area contributed by atoms with E-state index in [2.05, 4.69) is 27.0 Å². The van der Waals surface area contributed by atoms with Crippen LogP contribution in [0.15, 0.2) is 53.8 Å². The molecule has 0 bridgehead atoms. The third-order valence-corrected chi connectivity index (χ3v) is 8.13. The molecule has 7 nitrogen and oxygen atoms in total. The Labute approximate surface area is 218 Å². The van der Waals surface area contributed by atoms with Gasteiger partial charge in [-0.25, -0.2) is 9.78 Å². The van der Waals surface area contributed by atoms with Crippen LogP contribution < -0.4 is 5.69 Å². The van der Waals surface area contributed by atoms with Gasteiger partial charge in [-0.15, -0.1) is 0 Å². The van der Waals surface area contributed by atoms with Crippen molar-refractivity contribution in [1.29, 1.82) is 0 Å². The summed E-state index contributed by atoms with van der Waals surface area (Å²) < 4.78 is 45.0. The summed E-state index contributed by atoms with van der Waals surface area (Å²) in [5, 5.41) is 7.00. The topological polar surface area (TPSA) is 71.2 Å². The lowest BCUT2D eigenvalue weighted by atomic mass is 9.72. The van der Waals surface area contributed by atoms with Gasteiger partial charge in [0, 0.05) is 31.4 Å². The number of halogens is 3. The minimum absolute atomic E-state index is 0.0109. The van der Waals surface area contributed by atoms with Crippen LogP contribution in [0.2, 0.25) is 0 Å². The number of aromatic nitrogens is 5. The molecule has 2 fully saturated rings. The number of pyridine rings is 1. The van der Waals surface area contributed by atoms with E-state index in [0.717, 1.165) is 61.0 Å². The van der Waals surface area contributed by atoms with Crippen molar-refractivity contribution in [2.24, 2.45) is 11.8 Å². The SMILES string of the molecule is C[C@H]1CCCN(Cc2cc(C(F)(F)F)c3cn(-c4cccc([C@H](c5ncn[nH]5)C5CCC5)c4)c(=O)n3c2)C1. The van der Waals surface area contributed by atoms with Gasteiger partial charge in [-0.3, -0.25) is 19.0 Å². The number of likely N-dealkylation sites (tertiary alicyclic amines) is 1. The summed E-state index contributed by atoms with van der Waals surface area (Å²) in [7, 11) is 0. The van der Waals surface area contributed by atoms with E-state index in [-0.39, 0.29) is 11.4 Å². The number of aromatic amines is 1. The minimum atomic E-state index is -4.58. The third kappa shape index (κ3) is 4.66. The van der Waals surface area contributed by atoms with Gasteiger partial charge < -0.3 is 0 Å². The molecule has 1 saturated heterocycles. The maximum absolute atomic E-state index is 14.2.